The van der Waals surface area contributed by atoms with Crippen LogP contribution in [0.3, 0.4) is 0 Å². The monoisotopic (exact) mass is 313 g/mol. The van der Waals surface area contributed by atoms with Gasteiger partial charge in [0.25, 0.3) is 0 Å². The average molecular weight is 313 g/mol. The lowest BCUT2D eigenvalue weighted by atomic mass is 10.1. The Balaban J connectivity index is 1.65. The van der Waals surface area contributed by atoms with Crippen LogP contribution in [0.4, 0.5) is 0 Å². The Morgan fingerprint density at radius 1 is 0.833 bits per heavy atom. The van der Waals surface area contributed by atoms with E-state index in [4.69, 9.17) is 0 Å². The zero-order chi connectivity index (χ0) is 16.6. The van der Waals surface area contributed by atoms with Gasteiger partial charge in [0.05, 0.1) is 5.52 Å². The zero-order valence-corrected chi connectivity index (χ0v) is 13.9. The number of benzene rings is 2. The molecule has 0 atom stereocenters. The first kappa shape index (κ1) is 16.1. The Hall–Kier alpha value is -2.80. The molecule has 1 nitrogen and oxygen atoms in total. The minimum Gasteiger partial charge on any atom is -0.317 e. The highest BCUT2D eigenvalue weighted by molar-refractivity contribution is 5.81. The van der Waals surface area contributed by atoms with Crippen molar-refractivity contribution in [2.45, 2.75) is 19.3 Å². The fraction of sp³-hybridized carbons (Fsp3) is 0.130. The molecule has 24 heavy (non-hydrogen) atoms. The summed E-state index contributed by atoms with van der Waals surface area (Å²) in [5.41, 5.74) is 3.66. The van der Waals surface area contributed by atoms with Crippen molar-refractivity contribution >= 4 is 17.0 Å². The van der Waals surface area contributed by atoms with E-state index >= 15 is 0 Å². The molecule has 0 fully saturated rings. The second-order valence-corrected chi connectivity index (χ2v) is 5.81. The number of allylic oxidation sites excluding steroid dienone is 4. The van der Waals surface area contributed by atoms with E-state index in [9.17, 15) is 0 Å². The fourth-order valence-corrected chi connectivity index (χ4v) is 2.77. The summed E-state index contributed by atoms with van der Waals surface area (Å²) in [6.45, 7) is 3.73. The maximum Gasteiger partial charge on any atom is 0.0528 e. The largest absolute Gasteiger partial charge is 0.317 e. The van der Waals surface area contributed by atoms with Gasteiger partial charge in [-0.2, -0.15) is 0 Å². The molecular weight excluding hydrogens is 290 g/mol. The molecule has 0 spiro atoms. The molecule has 0 aliphatic carbocycles. The van der Waals surface area contributed by atoms with Gasteiger partial charge >= 0.3 is 0 Å². The molecule has 2 aromatic carbocycles. The number of rotatable bonds is 7. The van der Waals surface area contributed by atoms with Crippen LogP contribution in [0.2, 0.25) is 0 Å². The maximum atomic E-state index is 3.73. The van der Waals surface area contributed by atoms with E-state index in [1.807, 2.05) is 6.08 Å². The minimum absolute atomic E-state index is 0.973. The van der Waals surface area contributed by atoms with Crippen LogP contribution in [-0.2, 0) is 0 Å². The van der Waals surface area contributed by atoms with Crippen LogP contribution in [0.25, 0.3) is 22.7 Å². The van der Waals surface area contributed by atoms with E-state index in [2.05, 4.69) is 96.2 Å². The average Bonchev–Trinajstić information content (AvgIpc) is 3.06. The lowest BCUT2D eigenvalue weighted by Gasteiger charge is -2.05. The van der Waals surface area contributed by atoms with Crippen LogP contribution >= 0.6 is 0 Å². The number of unbranched alkanes of at least 4 members (excludes halogenated alkanes) is 1. The molecule has 3 aromatic rings. The molecule has 1 heteroatoms. The Kier molecular flexibility index (Phi) is 5.47. The molecule has 0 saturated heterocycles. The molecule has 0 bridgehead atoms. The van der Waals surface area contributed by atoms with Gasteiger partial charge in [-0.05, 0) is 54.5 Å². The second-order valence-electron chi connectivity index (χ2n) is 5.81. The van der Waals surface area contributed by atoms with Crippen molar-refractivity contribution in [2.75, 3.05) is 0 Å². The Morgan fingerprint density at radius 2 is 1.67 bits per heavy atom. The molecule has 120 valence electrons. The first-order valence-electron chi connectivity index (χ1n) is 8.47. The molecule has 0 amide bonds. The molecular formula is C23H23N. The van der Waals surface area contributed by atoms with Gasteiger partial charge in [0, 0.05) is 11.9 Å². The Morgan fingerprint density at radius 3 is 2.50 bits per heavy atom. The smallest absolute Gasteiger partial charge is 0.0528 e. The van der Waals surface area contributed by atoms with Gasteiger partial charge in [0.2, 0.25) is 0 Å². The van der Waals surface area contributed by atoms with E-state index < -0.39 is 0 Å². The molecule has 0 unspecified atom stereocenters. The second kappa shape index (κ2) is 8.16. The van der Waals surface area contributed by atoms with Crippen LogP contribution in [0.5, 0.6) is 0 Å². The molecule has 1 heterocycles. The molecule has 0 aliphatic heterocycles. The first-order chi connectivity index (χ1) is 11.9. The third-order valence-corrected chi connectivity index (χ3v) is 4.06. The van der Waals surface area contributed by atoms with E-state index in [0.717, 1.165) is 19.3 Å². The predicted octanol–water partition coefficient (Wildman–Crippen LogP) is 6.56. The van der Waals surface area contributed by atoms with Crippen LogP contribution < -0.4 is 0 Å². The molecule has 0 radical (unpaired) electrons. The topological polar surface area (TPSA) is 4.93 Å². The summed E-state index contributed by atoms with van der Waals surface area (Å²) in [4.78, 5) is 0. The summed E-state index contributed by atoms with van der Waals surface area (Å²) in [6.07, 6.45) is 16.0. The predicted molar refractivity (Wildman–Crippen MR) is 105 cm³/mol. The quantitative estimate of drug-likeness (QED) is 0.344. The van der Waals surface area contributed by atoms with Crippen molar-refractivity contribution in [3.05, 3.63) is 97.2 Å². The highest BCUT2D eigenvalue weighted by Gasteiger charge is 2.01. The highest BCUT2D eigenvalue weighted by atomic mass is 15.0. The van der Waals surface area contributed by atoms with Crippen molar-refractivity contribution in [1.82, 2.24) is 4.57 Å². The summed E-state index contributed by atoms with van der Waals surface area (Å²) >= 11 is 0. The molecule has 0 aliphatic rings. The highest BCUT2D eigenvalue weighted by Crippen LogP contribution is 2.20. The summed E-state index contributed by atoms with van der Waals surface area (Å²) in [5, 5.41) is 1.27. The Labute approximate surface area is 144 Å². The first-order valence-corrected chi connectivity index (χ1v) is 8.47. The summed E-state index contributed by atoms with van der Waals surface area (Å²) in [6, 6.07) is 19.3. The number of fused-ring (bicyclic) bond motifs is 1. The fourth-order valence-electron chi connectivity index (χ4n) is 2.77. The minimum atomic E-state index is 0.973. The van der Waals surface area contributed by atoms with Crippen molar-refractivity contribution < 1.29 is 0 Å². The van der Waals surface area contributed by atoms with Gasteiger partial charge in [-0.15, -0.1) is 6.58 Å². The van der Waals surface area contributed by atoms with Crippen molar-refractivity contribution in [3.8, 4) is 5.69 Å². The molecule has 3 rings (SSSR count). The SMILES string of the molecule is C=CCC/C=C\C/C=C/c1ccc(-n2ccc3ccccc32)cc1. The maximum absolute atomic E-state index is 3.73. The van der Waals surface area contributed by atoms with Crippen LogP contribution in [0, 0.1) is 0 Å². The van der Waals surface area contributed by atoms with Gasteiger partial charge < -0.3 is 4.57 Å². The third-order valence-electron chi connectivity index (χ3n) is 4.06. The number of hydrogen-bond donors (Lipinski definition) is 0. The van der Waals surface area contributed by atoms with Gasteiger partial charge in [-0.25, -0.2) is 0 Å². The van der Waals surface area contributed by atoms with E-state index in [-0.39, 0.29) is 0 Å². The van der Waals surface area contributed by atoms with E-state index in [1.54, 1.807) is 0 Å². The number of hydrogen-bond acceptors (Lipinski definition) is 0. The van der Waals surface area contributed by atoms with Crippen molar-refractivity contribution in [1.29, 1.82) is 0 Å². The van der Waals surface area contributed by atoms with Gasteiger partial charge in [0.15, 0.2) is 0 Å². The zero-order valence-electron chi connectivity index (χ0n) is 13.9. The number of aromatic nitrogens is 1. The van der Waals surface area contributed by atoms with Crippen molar-refractivity contribution in [2.24, 2.45) is 0 Å². The lowest BCUT2D eigenvalue weighted by molar-refractivity contribution is 1.05. The number of para-hydroxylation sites is 1. The standard InChI is InChI=1S/C23H23N/c1-2-3-4-5-6-7-8-11-20-14-16-22(17-15-20)24-19-18-21-12-9-10-13-23(21)24/h2,5-6,8-19H,1,3-4,7H2/b6-5-,11-8+. The normalized spacial score (nSPS) is 11.7. The van der Waals surface area contributed by atoms with Crippen LogP contribution in [-0.4, -0.2) is 4.57 Å². The lowest BCUT2D eigenvalue weighted by Crippen LogP contribution is -1.91. The van der Waals surface area contributed by atoms with Crippen LogP contribution in [0.15, 0.2) is 91.7 Å². The third kappa shape index (κ3) is 3.94. The van der Waals surface area contributed by atoms with Crippen LogP contribution in [0.1, 0.15) is 24.8 Å². The molecule has 1 aromatic heterocycles. The number of nitrogens with zero attached hydrogens (tertiary/aromatic N) is 1. The molecule has 0 saturated carbocycles. The van der Waals surface area contributed by atoms with Gasteiger partial charge in [0.1, 0.15) is 0 Å². The summed E-state index contributed by atoms with van der Waals surface area (Å²) in [7, 11) is 0. The molecule has 0 N–H and O–H groups in total. The van der Waals surface area contributed by atoms with Gasteiger partial charge in [-0.1, -0.05) is 60.7 Å². The van der Waals surface area contributed by atoms with E-state index in [1.165, 1.54) is 22.2 Å². The summed E-state index contributed by atoms with van der Waals surface area (Å²) in [5.74, 6) is 0. The van der Waals surface area contributed by atoms with Gasteiger partial charge in [-0.3, -0.25) is 0 Å². The Bertz CT molecular complexity index is 847. The van der Waals surface area contributed by atoms with E-state index in [0.29, 0.717) is 0 Å². The summed E-state index contributed by atoms with van der Waals surface area (Å²) < 4.78 is 2.23. The van der Waals surface area contributed by atoms with Crippen molar-refractivity contribution in [3.63, 3.8) is 0 Å².